The number of nitrogens with zero attached hydrogens (tertiary/aromatic N) is 2. The lowest BCUT2D eigenvalue weighted by atomic mass is 9.84. The number of fused-ring (bicyclic) bond motifs is 3. The second kappa shape index (κ2) is 9.79. The van der Waals surface area contributed by atoms with Gasteiger partial charge < -0.3 is 19.1 Å². The lowest BCUT2D eigenvalue weighted by molar-refractivity contribution is 0.0499. The first-order valence-corrected chi connectivity index (χ1v) is 10.5. The predicted octanol–water partition coefficient (Wildman–Crippen LogP) is 3.97. The van der Waals surface area contributed by atoms with Crippen molar-refractivity contribution in [1.29, 1.82) is 0 Å². The first-order chi connectivity index (χ1) is 14.6. The molecule has 2 aromatic carbocycles. The zero-order valence-corrected chi connectivity index (χ0v) is 19.4. The number of hydrogen-bond acceptors (Lipinski definition) is 5. The number of amides is 1. The summed E-state index contributed by atoms with van der Waals surface area (Å²) in [5, 5.41) is 0. The van der Waals surface area contributed by atoms with E-state index in [4.69, 9.17) is 14.2 Å². The molecule has 2 aliphatic heterocycles. The smallest absolute Gasteiger partial charge is 0.257 e. The van der Waals surface area contributed by atoms with Gasteiger partial charge in [-0.25, -0.2) is 0 Å². The van der Waals surface area contributed by atoms with Crippen molar-refractivity contribution in [2.45, 2.75) is 31.3 Å². The minimum atomic E-state index is 0. The van der Waals surface area contributed by atoms with Crippen molar-refractivity contribution in [3.8, 4) is 17.2 Å². The van der Waals surface area contributed by atoms with E-state index >= 15 is 0 Å². The number of ether oxygens (including phenoxy) is 3. The second-order valence-electron chi connectivity index (χ2n) is 8.00. The summed E-state index contributed by atoms with van der Waals surface area (Å²) in [7, 11) is 6.86. The summed E-state index contributed by atoms with van der Waals surface area (Å²) in [6.07, 6.45) is 2.88. The van der Waals surface area contributed by atoms with Crippen LogP contribution in [-0.2, 0) is 6.42 Å². The highest BCUT2D eigenvalue weighted by molar-refractivity contribution is 5.97. The Bertz CT molecular complexity index is 936. The Labute approximate surface area is 190 Å². The molecular weight excluding hydrogens is 416 g/mol. The average molecular weight is 447 g/mol. The van der Waals surface area contributed by atoms with E-state index in [1.807, 2.05) is 36.2 Å². The van der Waals surface area contributed by atoms with Gasteiger partial charge in [-0.05, 0) is 54.7 Å². The number of rotatable bonds is 5. The van der Waals surface area contributed by atoms with Gasteiger partial charge in [0.15, 0.2) is 11.5 Å². The molecule has 0 radical (unpaired) electrons. The number of piperidine rings is 1. The zero-order chi connectivity index (χ0) is 21.3. The van der Waals surface area contributed by atoms with Crippen LogP contribution in [0.1, 0.15) is 40.4 Å². The summed E-state index contributed by atoms with van der Waals surface area (Å²) < 4.78 is 16.5. The van der Waals surface area contributed by atoms with E-state index in [9.17, 15) is 4.79 Å². The molecular formula is C24H31ClN2O4. The number of methoxy groups -OCH3 is 3. The third-order valence-electron chi connectivity index (χ3n) is 6.56. The standard InChI is InChI=1S/C24H30N2O4.ClH/c1-25(24(27)18-7-5-6-8-21(18)28-2)17-10-12-26-11-9-16-13-22(29-3)23(30-4)15-19(16)20(26)14-17;/h5-8,13,15,17,20H,9-12,14H2,1-4H3;1H. The molecule has 2 aromatic rings. The van der Waals surface area contributed by atoms with E-state index in [-0.39, 0.29) is 30.4 Å². The lowest BCUT2D eigenvalue weighted by Crippen LogP contribution is -2.49. The number of carbonyl (C=O) groups excluding carboxylic acids is 1. The van der Waals surface area contributed by atoms with Gasteiger partial charge in [0.2, 0.25) is 0 Å². The summed E-state index contributed by atoms with van der Waals surface area (Å²) >= 11 is 0. The molecule has 1 fully saturated rings. The van der Waals surface area contributed by atoms with Gasteiger partial charge in [-0.1, -0.05) is 12.1 Å². The number of carbonyl (C=O) groups is 1. The molecule has 0 spiro atoms. The molecule has 0 aliphatic carbocycles. The first-order valence-electron chi connectivity index (χ1n) is 10.5. The monoisotopic (exact) mass is 446 g/mol. The van der Waals surface area contributed by atoms with Gasteiger partial charge in [0.25, 0.3) is 5.91 Å². The summed E-state index contributed by atoms with van der Waals surface area (Å²) in [6.45, 7) is 2.01. The molecule has 2 heterocycles. The highest BCUT2D eigenvalue weighted by Crippen LogP contribution is 2.42. The normalized spacial score (nSPS) is 20.0. The van der Waals surface area contributed by atoms with E-state index in [1.165, 1.54) is 11.1 Å². The Morgan fingerprint density at radius 1 is 1.00 bits per heavy atom. The Morgan fingerprint density at radius 2 is 1.68 bits per heavy atom. The molecule has 7 heteroatoms. The van der Waals surface area contributed by atoms with E-state index in [0.717, 1.165) is 43.9 Å². The molecule has 168 valence electrons. The van der Waals surface area contributed by atoms with Gasteiger partial charge in [-0.2, -0.15) is 0 Å². The predicted molar refractivity (Wildman–Crippen MR) is 123 cm³/mol. The maximum Gasteiger partial charge on any atom is 0.257 e. The highest BCUT2D eigenvalue weighted by atomic mass is 35.5. The third kappa shape index (κ3) is 4.32. The Kier molecular flexibility index (Phi) is 7.34. The van der Waals surface area contributed by atoms with Crippen LogP contribution < -0.4 is 14.2 Å². The van der Waals surface area contributed by atoms with Crippen LogP contribution in [0.4, 0.5) is 0 Å². The number of para-hydroxylation sites is 1. The molecule has 4 rings (SSSR count). The SMILES string of the molecule is COc1cc2c(cc1OC)C1CC(N(C)C(=O)c3ccccc3OC)CCN1CC2.Cl. The molecule has 2 unspecified atom stereocenters. The van der Waals surface area contributed by atoms with Crippen LogP contribution in [0.15, 0.2) is 36.4 Å². The number of halogens is 1. The minimum absolute atomic E-state index is 0. The van der Waals surface area contributed by atoms with Crippen molar-refractivity contribution in [3.63, 3.8) is 0 Å². The Morgan fingerprint density at radius 3 is 2.39 bits per heavy atom. The summed E-state index contributed by atoms with van der Waals surface area (Å²) in [6, 6.07) is 12.1. The molecule has 2 atom stereocenters. The fourth-order valence-corrected chi connectivity index (χ4v) is 4.84. The fraction of sp³-hybridized carbons (Fsp3) is 0.458. The van der Waals surface area contributed by atoms with Gasteiger partial charge >= 0.3 is 0 Å². The van der Waals surface area contributed by atoms with Crippen LogP contribution >= 0.6 is 12.4 Å². The molecule has 6 nitrogen and oxygen atoms in total. The number of benzene rings is 2. The molecule has 0 saturated carbocycles. The van der Waals surface area contributed by atoms with E-state index < -0.39 is 0 Å². The molecule has 31 heavy (non-hydrogen) atoms. The van der Waals surface area contributed by atoms with Crippen molar-refractivity contribution in [1.82, 2.24) is 9.80 Å². The quantitative estimate of drug-likeness (QED) is 0.695. The van der Waals surface area contributed by atoms with E-state index in [1.54, 1.807) is 21.3 Å². The molecule has 1 saturated heterocycles. The summed E-state index contributed by atoms with van der Waals surface area (Å²) in [5.41, 5.74) is 3.22. The van der Waals surface area contributed by atoms with Crippen molar-refractivity contribution in [2.75, 3.05) is 41.5 Å². The van der Waals surface area contributed by atoms with E-state index in [0.29, 0.717) is 11.3 Å². The van der Waals surface area contributed by atoms with Crippen molar-refractivity contribution < 1.29 is 19.0 Å². The Hall–Kier alpha value is -2.44. The van der Waals surface area contributed by atoms with Gasteiger partial charge in [0.05, 0.1) is 26.9 Å². The van der Waals surface area contributed by atoms with Crippen molar-refractivity contribution in [3.05, 3.63) is 53.1 Å². The summed E-state index contributed by atoms with van der Waals surface area (Å²) in [4.78, 5) is 17.6. The maximum atomic E-state index is 13.2. The van der Waals surface area contributed by atoms with E-state index in [2.05, 4.69) is 17.0 Å². The zero-order valence-electron chi connectivity index (χ0n) is 18.6. The van der Waals surface area contributed by atoms with Crippen LogP contribution in [0.2, 0.25) is 0 Å². The average Bonchev–Trinajstić information content (AvgIpc) is 2.81. The van der Waals surface area contributed by atoms with Gasteiger partial charge in [-0.3, -0.25) is 9.69 Å². The van der Waals surface area contributed by atoms with Gasteiger partial charge in [0.1, 0.15) is 5.75 Å². The van der Waals surface area contributed by atoms with Crippen LogP contribution in [-0.4, -0.2) is 63.2 Å². The molecule has 0 bridgehead atoms. The first kappa shape index (κ1) is 23.2. The lowest BCUT2D eigenvalue weighted by Gasteiger charge is -2.45. The van der Waals surface area contributed by atoms with Gasteiger partial charge in [0, 0.05) is 32.2 Å². The molecule has 0 aromatic heterocycles. The fourth-order valence-electron chi connectivity index (χ4n) is 4.84. The second-order valence-corrected chi connectivity index (χ2v) is 8.00. The van der Waals surface area contributed by atoms with Crippen LogP contribution in [0.3, 0.4) is 0 Å². The van der Waals surface area contributed by atoms with Crippen molar-refractivity contribution >= 4 is 18.3 Å². The maximum absolute atomic E-state index is 13.2. The van der Waals surface area contributed by atoms with Gasteiger partial charge in [-0.15, -0.1) is 12.4 Å². The number of hydrogen-bond donors (Lipinski definition) is 0. The molecule has 2 aliphatic rings. The minimum Gasteiger partial charge on any atom is -0.496 e. The molecule has 1 amide bonds. The van der Waals surface area contributed by atoms with Crippen molar-refractivity contribution in [2.24, 2.45) is 0 Å². The summed E-state index contributed by atoms with van der Waals surface area (Å²) in [5.74, 6) is 2.17. The highest BCUT2D eigenvalue weighted by Gasteiger charge is 2.37. The Balaban J connectivity index is 0.00000272. The largest absolute Gasteiger partial charge is 0.496 e. The topological polar surface area (TPSA) is 51.2 Å². The molecule has 0 N–H and O–H groups in total. The van der Waals surface area contributed by atoms with Crippen LogP contribution in [0.25, 0.3) is 0 Å². The van der Waals surface area contributed by atoms with Crippen LogP contribution in [0, 0.1) is 0 Å². The van der Waals surface area contributed by atoms with Crippen LogP contribution in [0.5, 0.6) is 17.2 Å². The third-order valence-corrected chi connectivity index (χ3v) is 6.56.